The second-order valence-electron chi connectivity index (χ2n) is 4.72. The summed E-state index contributed by atoms with van der Waals surface area (Å²) in [7, 11) is 0. The van der Waals surface area contributed by atoms with E-state index in [1.807, 2.05) is 0 Å². The molecule has 1 aromatic rings. The molecule has 110 valence electrons. The molecule has 1 aliphatic heterocycles. The van der Waals surface area contributed by atoms with E-state index in [-0.39, 0.29) is 18.1 Å². The highest BCUT2D eigenvalue weighted by Crippen LogP contribution is 2.31. The lowest BCUT2D eigenvalue weighted by Crippen LogP contribution is -2.45. The number of carbonyl (C=O) groups is 1. The molecule has 0 aliphatic carbocycles. The van der Waals surface area contributed by atoms with E-state index < -0.39 is 0 Å². The van der Waals surface area contributed by atoms with Crippen molar-refractivity contribution in [3.63, 3.8) is 0 Å². The van der Waals surface area contributed by atoms with Gasteiger partial charge in [0.25, 0.3) is 5.91 Å². The first-order valence-electron chi connectivity index (χ1n) is 6.52. The maximum Gasteiger partial charge on any atom is 0.252 e. The molecular formula is C14H18ClNO3S. The first-order valence-corrected chi connectivity index (χ1v) is 8.05. The molecule has 0 bridgehead atoms. The first-order chi connectivity index (χ1) is 9.67. The molecule has 20 heavy (non-hydrogen) atoms. The maximum absolute atomic E-state index is 12.1. The highest BCUT2D eigenvalue weighted by atomic mass is 35.5. The molecule has 1 amide bonds. The average molecular weight is 316 g/mol. The fraction of sp³-hybridized carbons (Fsp3) is 0.500. The summed E-state index contributed by atoms with van der Waals surface area (Å²) in [5.74, 6) is 1.64. The molecule has 1 atom stereocenters. The van der Waals surface area contributed by atoms with Crippen LogP contribution in [0.1, 0.15) is 16.8 Å². The summed E-state index contributed by atoms with van der Waals surface area (Å²) < 4.78 is 5.74. The molecule has 1 fully saturated rings. The van der Waals surface area contributed by atoms with Gasteiger partial charge >= 0.3 is 0 Å². The van der Waals surface area contributed by atoms with Crippen LogP contribution in [-0.4, -0.2) is 47.9 Å². The van der Waals surface area contributed by atoms with Gasteiger partial charge < -0.3 is 15.2 Å². The third-order valence-corrected chi connectivity index (χ3v) is 4.81. The van der Waals surface area contributed by atoms with Crippen molar-refractivity contribution in [2.24, 2.45) is 0 Å². The zero-order chi connectivity index (χ0) is 14.4. The van der Waals surface area contributed by atoms with E-state index in [1.165, 1.54) is 0 Å². The molecule has 0 saturated carbocycles. The van der Waals surface area contributed by atoms with Crippen molar-refractivity contribution in [3.8, 4) is 0 Å². The van der Waals surface area contributed by atoms with Crippen molar-refractivity contribution in [2.45, 2.75) is 12.0 Å². The number of carbonyl (C=O) groups excluding carboxylic acids is 1. The molecule has 0 spiro atoms. The Labute approximate surface area is 127 Å². The predicted octanol–water partition coefficient (Wildman–Crippen LogP) is 1.95. The van der Waals surface area contributed by atoms with Gasteiger partial charge in [-0.05, 0) is 24.3 Å². The lowest BCUT2D eigenvalue weighted by molar-refractivity contribution is -0.0378. The summed E-state index contributed by atoms with van der Waals surface area (Å²) in [5.41, 5.74) is 0.0988. The third-order valence-electron chi connectivity index (χ3n) is 3.26. The van der Waals surface area contributed by atoms with Gasteiger partial charge in [-0.25, -0.2) is 0 Å². The van der Waals surface area contributed by atoms with Gasteiger partial charge in [0, 0.05) is 12.3 Å². The number of hydrogen-bond acceptors (Lipinski definition) is 4. The van der Waals surface area contributed by atoms with Crippen molar-refractivity contribution in [3.05, 3.63) is 34.9 Å². The minimum atomic E-state index is -0.371. The van der Waals surface area contributed by atoms with Crippen molar-refractivity contribution in [1.29, 1.82) is 0 Å². The SMILES string of the molecule is O=C(NCC1(OCCO)CCSC1)c1ccccc1Cl. The summed E-state index contributed by atoms with van der Waals surface area (Å²) >= 11 is 7.80. The maximum atomic E-state index is 12.1. The van der Waals surface area contributed by atoms with E-state index >= 15 is 0 Å². The van der Waals surface area contributed by atoms with Crippen LogP contribution in [0, 0.1) is 0 Å². The molecule has 1 unspecified atom stereocenters. The van der Waals surface area contributed by atoms with Crippen molar-refractivity contribution in [2.75, 3.05) is 31.3 Å². The van der Waals surface area contributed by atoms with Crippen LogP contribution >= 0.6 is 23.4 Å². The van der Waals surface area contributed by atoms with Crippen LogP contribution < -0.4 is 5.32 Å². The van der Waals surface area contributed by atoms with Gasteiger partial charge in [-0.1, -0.05) is 23.7 Å². The Hall–Kier alpha value is -0.750. The van der Waals surface area contributed by atoms with Crippen LogP contribution in [0.15, 0.2) is 24.3 Å². The Morgan fingerprint density at radius 1 is 1.50 bits per heavy atom. The monoisotopic (exact) mass is 315 g/mol. The standard InChI is InChI=1S/C14H18ClNO3S/c15-12-4-2-1-3-11(12)13(18)16-9-14(19-7-6-17)5-8-20-10-14/h1-4,17H,5-10H2,(H,16,18). The second kappa shape index (κ2) is 7.31. The molecule has 2 rings (SSSR count). The minimum absolute atomic E-state index is 0.00905. The van der Waals surface area contributed by atoms with Gasteiger partial charge in [0.2, 0.25) is 0 Å². The quantitative estimate of drug-likeness (QED) is 0.842. The molecule has 0 radical (unpaired) electrons. The van der Waals surface area contributed by atoms with E-state index in [0.717, 1.165) is 17.9 Å². The van der Waals surface area contributed by atoms with Gasteiger partial charge in [-0.15, -0.1) is 0 Å². The lowest BCUT2D eigenvalue weighted by Gasteiger charge is -2.28. The summed E-state index contributed by atoms with van der Waals surface area (Å²) in [6, 6.07) is 6.96. The predicted molar refractivity (Wildman–Crippen MR) is 81.5 cm³/mol. The normalized spacial score (nSPS) is 21.9. The fourth-order valence-electron chi connectivity index (χ4n) is 2.14. The van der Waals surface area contributed by atoms with Gasteiger partial charge in [0.1, 0.15) is 0 Å². The number of thioether (sulfide) groups is 1. The van der Waals surface area contributed by atoms with Crippen LogP contribution in [0.3, 0.4) is 0 Å². The largest absolute Gasteiger partial charge is 0.394 e. The molecule has 1 aliphatic rings. The molecule has 1 heterocycles. The number of aliphatic hydroxyl groups is 1. The van der Waals surface area contributed by atoms with E-state index in [2.05, 4.69) is 5.32 Å². The zero-order valence-corrected chi connectivity index (χ0v) is 12.7. The van der Waals surface area contributed by atoms with Crippen LogP contribution in [0.25, 0.3) is 0 Å². The number of halogens is 1. The van der Waals surface area contributed by atoms with Crippen molar-refractivity contribution >= 4 is 29.3 Å². The number of amides is 1. The summed E-state index contributed by atoms with van der Waals surface area (Å²) in [4.78, 5) is 12.1. The molecule has 4 nitrogen and oxygen atoms in total. The van der Waals surface area contributed by atoms with Crippen LogP contribution in [0.2, 0.25) is 5.02 Å². The first kappa shape index (κ1) is 15.6. The number of ether oxygens (including phenoxy) is 1. The second-order valence-corrected chi connectivity index (χ2v) is 6.23. The zero-order valence-electron chi connectivity index (χ0n) is 11.1. The Morgan fingerprint density at radius 2 is 2.30 bits per heavy atom. The highest BCUT2D eigenvalue weighted by molar-refractivity contribution is 7.99. The van der Waals surface area contributed by atoms with Crippen LogP contribution in [-0.2, 0) is 4.74 Å². The highest BCUT2D eigenvalue weighted by Gasteiger charge is 2.35. The minimum Gasteiger partial charge on any atom is -0.394 e. The van der Waals surface area contributed by atoms with Gasteiger partial charge in [-0.2, -0.15) is 11.8 Å². The Bertz CT molecular complexity index is 463. The Balaban J connectivity index is 1.96. The summed E-state index contributed by atoms with van der Waals surface area (Å²) in [6.07, 6.45) is 0.875. The van der Waals surface area contributed by atoms with Gasteiger partial charge in [-0.3, -0.25) is 4.79 Å². The fourth-order valence-corrected chi connectivity index (χ4v) is 3.72. The van der Waals surface area contributed by atoms with E-state index in [4.69, 9.17) is 21.4 Å². The topological polar surface area (TPSA) is 58.6 Å². The molecule has 1 saturated heterocycles. The molecule has 2 N–H and O–H groups in total. The summed E-state index contributed by atoms with van der Waals surface area (Å²) in [5, 5.41) is 12.2. The lowest BCUT2D eigenvalue weighted by atomic mass is 10.0. The van der Waals surface area contributed by atoms with Crippen LogP contribution in [0.5, 0.6) is 0 Å². The Morgan fingerprint density at radius 3 is 2.95 bits per heavy atom. The van der Waals surface area contributed by atoms with Crippen LogP contribution in [0.4, 0.5) is 0 Å². The van der Waals surface area contributed by atoms with Crippen molar-refractivity contribution in [1.82, 2.24) is 5.32 Å². The number of benzene rings is 1. The average Bonchev–Trinajstić information content (AvgIpc) is 2.92. The number of nitrogens with one attached hydrogen (secondary N) is 1. The van der Waals surface area contributed by atoms with E-state index in [1.54, 1.807) is 36.0 Å². The Kier molecular flexibility index (Phi) is 5.72. The number of hydrogen-bond donors (Lipinski definition) is 2. The van der Waals surface area contributed by atoms with Gasteiger partial charge in [0.05, 0.1) is 29.4 Å². The third kappa shape index (κ3) is 3.88. The molecule has 0 aromatic heterocycles. The number of rotatable bonds is 6. The number of aliphatic hydroxyl groups excluding tert-OH is 1. The summed E-state index contributed by atoms with van der Waals surface area (Å²) in [6.45, 7) is 0.720. The molecule has 6 heteroatoms. The molecule has 1 aromatic carbocycles. The van der Waals surface area contributed by atoms with E-state index in [9.17, 15) is 4.79 Å². The van der Waals surface area contributed by atoms with Gasteiger partial charge in [0.15, 0.2) is 0 Å². The van der Waals surface area contributed by atoms with E-state index in [0.29, 0.717) is 23.7 Å². The smallest absolute Gasteiger partial charge is 0.252 e. The van der Waals surface area contributed by atoms with Crippen molar-refractivity contribution < 1.29 is 14.6 Å². The molecular weight excluding hydrogens is 298 g/mol.